The predicted molar refractivity (Wildman–Crippen MR) is 224 cm³/mol. The maximum Gasteiger partial charge on any atom is 0.159 e. The fourth-order valence-corrected chi connectivity index (χ4v) is 8.38. The summed E-state index contributed by atoms with van der Waals surface area (Å²) in [5.74, 6) is 1.53. The van der Waals surface area contributed by atoms with Gasteiger partial charge in [-0.1, -0.05) is 140 Å². The van der Waals surface area contributed by atoms with Crippen LogP contribution in [0.1, 0.15) is 22.9 Å². The Morgan fingerprint density at radius 3 is 1.72 bits per heavy atom. The van der Waals surface area contributed by atoms with Gasteiger partial charge in [-0.15, -0.1) is 0 Å². The molecule has 1 unspecified atom stereocenters. The van der Waals surface area contributed by atoms with Gasteiger partial charge in [-0.3, -0.25) is 0 Å². The number of nitrogens with one attached hydrogen (secondary N) is 1. The molecule has 8 aromatic carbocycles. The summed E-state index contributed by atoms with van der Waals surface area (Å²) in [7, 11) is 0. The highest BCUT2D eigenvalue weighted by Crippen LogP contribution is 2.42. The van der Waals surface area contributed by atoms with Crippen molar-refractivity contribution >= 4 is 66.1 Å². The minimum atomic E-state index is -0.259. The monoisotopic (exact) mass is 691 g/mol. The van der Waals surface area contributed by atoms with Crippen molar-refractivity contribution in [1.29, 1.82) is 0 Å². The fourth-order valence-electron chi connectivity index (χ4n) is 8.38. The molecule has 1 aliphatic rings. The van der Waals surface area contributed by atoms with Gasteiger partial charge in [0.1, 0.15) is 12.0 Å². The number of aliphatic imine (C=N–C) groups is 2. The average Bonchev–Trinajstić information content (AvgIpc) is 3.77. The van der Waals surface area contributed by atoms with Gasteiger partial charge in [0.15, 0.2) is 5.84 Å². The number of rotatable bonds is 5. The Morgan fingerprint density at radius 2 is 1.04 bits per heavy atom. The quantitative estimate of drug-likeness (QED) is 0.192. The van der Waals surface area contributed by atoms with Crippen LogP contribution in [0.25, 0.3) is 65.8 Å². The summed E-state index contributed by atoms with van der Waals surface area (Å²) in [5, 5.41) is 11.0. The third kappa shape index (κ3) is 4.72. The second-order valence-electron chi connectivity index (χ2n) is 13.8. The van der Waals surface area contributed by atoms with Gasteiger partial charge in [0.2, 0.25) is 0 Å². The van der Waals surface area contributed by atoms with Crippen LogP contribution < -0.4 is 5.32 Å². The molecule has 0 saturated heterocycles. The van der Waals surface area contributed by atoms with Crippen LogP contribution in [-0.2, 0) is 0 Å². The number of amidine groups is 2. The van der Waals surface area contributed by atoms with Crippen LogP contribution in [0.3, 0.4) is 0 Å². The lowest BCUT2D eigenvalue weighted by Gasteiger charge is -2.24. The minimum absolute atomic E-state index is 0.259. The number of nitrogens with zero attached hydrogens (tertiary/aromatic N) is 4. The van der Waals surface area contributed by atoms with Crippen molar-refractivity contribution in [1.82, 2.24) is 14.5 Å². The van der Waals surface area contributed by atoms with Crippen LogP contribution >= 0.6 is 0 Å². The highest BCUT2D eigenvalue weighted by Gasteiger charge is 2.23. The van der Waals surface area contributed by atoms with Crippen molar-refractivity contribution in [3.05, 3.63) is 205 Å². The number of aromatic nitrogens is 2. The van der Waals surface area contributed by atoms with Gasteiger partial charge in [0.25, 0.3) is 0 Å². The Hall–Kier alpha value is -7.24. The van der Waals surface area contributed by atoms with E-state index in [-0.39, 0.29) is 6.17 Å². The Kier molecular flexibility index (Phi) is 6.85. The molecule has 10 aromatic rings. The van der Waals surface area contributed by atoms with Crippen LogP contribution in [0.15, 0.2) is 198 Å². The minimum Gasteiger partial charge on any atom is -0.344 e. The lowest BCUT2D eigenvalue weighted by Crippen LogP contribution is -2.33. The zero-order chi connectivity index (χ0) is 35.6. The van der Waals surface area contributed by atoms with Gasteiger partial charge in [-0.05, 0) is 64.9 Å². The van der Waals surface area contributed by atoms with E-state index in [0.717, 1.165) is 50.5 Å². The lowest BCUT2D eigenvalue weighted by molar-refractivity contribution is 0.674. The van der Waals surface area contributed by atoms with Gasteiger partial charge < -0.3 is 14.5 Å². The SMILES string of the molecule is c1ccc(C2=NC(c3ccccc3)NC(c3cccc4cc(-n5c6ccccc6c6c7c8ccccc8n(-c8ccccc8)c7ccc65)ccc34)=N2)cc1. The van der Waals surface area contributed by atoms with E-state index in [9.17, 15) is 0 Å². The predicted octanol–water partition coefficient (Wildman–Crippen LogP) is 11.5. The van der Waals surface area contributed by atoms with Crippen molar-refractivity contribution in [2.24, 2.45) is 9.98 Å². The molecule has 254 valence electrons. The third-order valence-corrected chi connectivity index (χ3v) is 10.8. The first-order chi connectivity index (χ1) is 26.8. The smallest absolute Gasteiger partial charge is 0.159 e. The molecule has 1 N–H and O–H groups in total. The molecule has 0 bridgehead atoms. The van der Waals surface area contributed by atoms with E-state index in [2.05, 4.69) is 178 Å². The Bertz CT molecular complexity index is 3120. The zero-order valence-corrected chi connectivity index (χ0v) is 29.3. The number of para-hydroxylation sites is 3. The van der Waals surface area contributed by atoms with Crippen molar-refractivity contribution < 1.29 is 0 Å². The highest BCUT2D eigenvalue weighted by atomic mass is 15.2. The number of benzene rings is 8. The second kappa shape index (κ2) is 12.2. The Labute approximate surface area is 311 Å². The molecule has 0 fully saturated rings. The number of hydrogen-bond acceptors (Lipinski definition) is 3. The molecule has 0 amide bonds. The van der Waals surface area contributed by atoms with E-state index in [1.165, 1.54) is 43.6 Å². The van der Waals surface area contributed by atoms with Gasteiger partial charge in [0.05, 0.1) is 22.1 Å². The van der Waals surface area contributed by atoms with Gasteiger partial charge in [-0.2, -0.15) is 0 Å². The van der Waals surface area contributed by atoms with Crippen molar-refractivity contribution in [2.75, 3.05) is 0 Å². The molecular formula is C49H33N5. The van der Waals surface area contributed by atoms with Crippen LogP contribution in [0.5, 0.6) is 0 Å². The summed E-state index contributed by atoms with van der Waals surface area (Å²) in [5.41, 5.74) is 10.2. The van der Waals surface area contributed by atoms with E-state index < -0.39 is 0 Å². The van der Waals surface area contributed by atoms with Gasteiger partial charge in [-0.25, -0.2) is 9.98 Å². The lowest BCUT2D eigenvalue weighted by atomic mass is 10.0. The molecule has 1 atom stereocenters. The fraction of sp³-hybridized carbons (Fsp3) is 0.0204. The standard InChI is InChI=1S/C49H33N5/c1-4-15-32(16-5-1)47-50-48(33-17-6-2-7-18-33)52-49(51-47)38-24-14-19-34-31-36(27-28-37(34)38)54-42-26-13-11-23-40(42)46-44(54)30-29-43-45(46)39-22-10-12-25-41(39)53(43)35-20-8-3-9-21-35/h1-31,47H,(H,50,51,52). The molecule has 2 aromatic heterocycles. The average molecular weight is 692 g/mol. The van der Waals surface area contributed by atoms with E-state index in [1.54, 1.807) is 0 Å². The molecule has 1 aliphatic heterocycles. The molecule has 5 nitrogen and oxygen atoms in total. The van der Waals surface area contributed by atoms with Gasteiger partial charge >= 0.3 is 0 Å². The molecular weight excluding hydrogens is 659 g/mol. The normalized spacial score (nSPS) is 14.5. The largest absolute Gasteiger partial charge is 0.344 e. The highest BCUT2D eigenvalue weighted by molar-refractivity contribution is 6.29. The summed E-state index contributed by atoms with van der Waals surface area (Å²) < 4.78 is 4.82. The molecule has 0 saturated carbocycles. The van der Waals surface area contributed by atoms with E-state index in [4.69, 9.17) is 9.98 Å². The van der Waals surface area contributed by atoms with Crippen molar-refractivity contribution in [3.8, 4) is 11.4 Å². The molecule has 0 aliphatic carbocycles. The summed E-state index contributed by atoms with van der Waals surface area (Å²) in [6, 6.07) is 66.8. The van der Waals surface area contributed by atoms with Crippen molar-refractivity contribution in [3.63, 3.8) is 0 Å². The number of fused-ring (bicyclic) bond motifs is 8. The maximum atomic E-state index is 5.13. The van der Waals surface area contributed by atoms with Crippen LogP contribution in [-0.4, -0.2) is 20.8 Å². The van der Waals surface area contributed by atoms with Crippen LogP contribution in [0.2, 0.25) is 0 Å². The zero-order valence-electron chi connectivity index (χ0n) is 29.3. The van der Waals surface area contributed by atoms with Crippen molar-refractivity contribution in [2.45, 2.75) is 6.17 Å². The molecule has 0 spiro atoms. The first-order valence-electron chi connectivity index (χ1n) is 18.4. The first-order valence-corrected chi connectivity index (χ1v) is 18.4. The molecule has 0 radical (unpaired) electrons. The van der Waals surface area contributed by atoms with Crippen LogP contribution in [0, 0.1) is 0 Å². The Morgan fingerprint density at radius 1 is 0.444 bits per heavy atom. The van der Waals surface area contributed by atoms with E-state index in [0.29, 0.717) is 0 Å². The maximum absolute atomic E-state index is 5.13. The summed E-state index contributed by atoms with van der Waals surface area (Å²) in [4.78, 5) is 10.2. The molecule has 11 rings (SSSR count). The summed E-state index contributed by atoms with van der Waals surface area (Å²) in [6.07, 6.45) is -0.259. The molecule has 54 heavy (non-hydrogen) atoms. The summed E-state index contributed by atoms with van der Waals surface area (Å²) in [6.45, 7) is 0. The van der Waals surface area contributed by atoms with E-state index in [1.807, 2.05) is 24.3 Å². The first kappa shape index (κ1) is 30.4. The second-order valence-corrected chi connectivity index (χ2v) is 13.8. The summed E-state index contributed by atoms with van der Waals surface area (Å²) >= 11 is 0. The molecule has 5 heteroatoms. The van der Waals surface area contributed by atoms with Gasteiger partial charge in [0, 0.05) is 44.0 Å². The van der Waals surface area contributed by atoms with E-state index >= 15 is 0 Å². The Balaban J connectivity index is 1.10. The van der Waals surface area contributed by atoms with Crippen LogP contribution in [0.4, 0.5) is 0 Å². The number of hydrogen-bond donors (Lipinski definition) is 1. The molecule has 3 heterocycles. The topological polar surface area (TPSA) is 46.6 Å². The third-order valence-electron chi connectivity index (χ3n) is 10.8.